The predicted octanol–water partition coefficient (Wildman–Crippen LogP) is 4.17. The molecule has 0 aliphatic carbocycles. The molecule has 1 fully saturated rings. The van der Waals surface area contributed by atoms with E-state index in [0.29, 0.717) is 27.2 Å². The van der Waals surface area contributed by atoms with Gasteiger partial charge in [0.1, 0.15) is 0 Å². The zero-order valence-electron chi connectivity index (χ0n) is 10.0. The van der Waals surface area contributed by atoms with Gasteiger partial charge in [0.15, 0.2) is 0 Å². The molecule has 2 nitrogen and oxygen atoms in total. The van der Waals surface area contributed by atoms with E-state index in [1.165, 1.54) is 19.3 Å². The fraction of sp³-hybridized carbons (Fsp3) is 0.538. The van der Waals surface area contributed by atoms with Crippen LogP contribution in [0.25, 0.3) is 0 Å². The highest BCUT2D eigenvalue weighted by molar-refractivity contribution is 6.43. The van der Waals surface area contributed by atoms with Crippen molar-refractivity contribution < 1.29 is 5.11 Å². The van der Waals surface area contributed by atoms with Gasteiger partial charge in [-0.05, 0) is 38.1 Å². The molecule has 0 spiro atoms. The molecule has 1 aliphatic rings. The Morgan fingerprint density at radius 1 is 1.11 bits per heavy atom. The predicted molar refractivity (Wildman–Crippen MR) is 76.7 cm³/mol. The summed E-state index contributed by atoms with van der Waals surface area (Å²) in [5.74, 6) is 0. The van der Waals surface area contributed by atoms with Gasteiger partial charge in [0, 0.05) is 17.1 Å². The number of hydrogen-bond acceptors (Lipinski definition) is 2. The van der Waals surface area contributed by atoms with Crippen molar-refractivity contribution in [1.82, 2.24) is 4.90 Å². The average molecular weight is 309 g/mol. The molecule has 1 aromatic rings. The molecule has 0 saturated carbocycles. The quantitative estimate of drug-likeness (QED) is 0.847. The van der Waals surface area contributed by atoms with Gasteiger partial charge < -0.3 is 10.0 Å². The molecule has 1 saturated heterocycles. The van der Waals surface area contributed by atoms with Crippen molar-refractivity contribution in [2.24, 2.45) is 0 Å². The number of hydrogen-bond donors (Lipinski definition) is 1. The highest BCUT2D eigenvalue weighted by Gasteiger charge is 2.19. The molecule has 1 atom stereocenters. The zero-order valence-corrected chi connectivity index (χ0v) is 12.3. The minimum absolute atomic E-state index is 0.386. The third-order valence-corrected chi connectivity index (χ3v) is 4.29. The number of halogens is 3. The lowest BCUT2D eigenvalue weighted by atomic mass is 10.1. The summed E-state index contributed by atoms with van der Waals surface area (Å²) >= 11 is 18.0. The smallest absolute Gasteiger partial charge is 0.0932 e. The van der Waals surface area contributed by atoms with E-state index in [1.807, 2.05) is 0 Å². The Morgan fingerprint density at radius 3 is 2.44 bits per heavy atom. The third-order valence-electron chi connectivity index (χ3n) is 3.26. The summed E-state index contributed by atoms with van der Waals surface area (Å²) in [4.78, 5) is 2.25. The molecule has 0 unspecified atom stereocenters. The van der Waals surface area contributed by atoms with Crippen LogP contribution in [0.4, 0.5) is 0 Å². The highest BCUT2D eigenvalue weighted by Crippen LogP contribution is 2.33. The Bertz CT molecular complexity index is 419. The summed E-state index contributed by atoms with van der Waals surface area (Å²) < 4.78 is 0. The monoisotopic (exact) mass is 307 g/mol. The summed E-state index contributed by atoms with van der Waals surface area (Å²) in [5, 5.41) is 11.5. The van der Waals surface area contributed by atoms with Crippen LogP contribution in [-0.2, 0) is 0 Å². The van der Waals surface area contributed by atoms with E-state index >= 15 is 0 Å². The fourth-order valence-electron chi connectivity index (χ4n) is 2.30. The van der Waals surface area contributed by atoms with E-state index in [2.05, 4.69) is 4.90 Å². The number of likely N-dealkylation sites (tertiary alicyclic amines) is 1. The topological polar surface area (TPSA) is 23.5 Å². The van der Waals surface area contributed by atoms with Crippen molar-refractivity contribution in [2.75, 3.05) is 19.6 Å². The maximum Gasteiger partial charge on any atom is 0.0932 e. The number of rotatable bonds is 3. The van der Waals surface area contributed by atoms with Crippen LogP contribution in [0.15, 0.2) is 12.1 Å². The first-order valence-corrected chi connectivity index (χ1v) is 7.26. The van der Waals surface area contributed by atoms with E-state index in [-0.39, 0.29) is 0 Å². The molecule has 0 amide bonds. The SMILES string of the molecule is O[C@H](CN1CCCCC1)c1cc(Cl)cc(Cl)c1Cl. The van der Waals surface area contributed by atoms with Gasteiger partial charge in [-0.1, -0.05) is 41.2 Å². The van der Waals surface area contributed by atoms with Gasteiger partial charge in [-0.3, -0.25) is 0 Å². The molecule has 1 N–H and O–H groups in total. The van der Waals surface area contributed by atoms with Gasteiger partial charge in [0.05, 0.1) is 16.1 Å². The summed E-state index contributed by atoms with van der Waals surface area (Å²) in [5.41, 5.74) is 0.611. The first-order valence-electron chi connectivity index (χ1n) is 6.13. The van der Waals surface area contributed by atoms with E-state index in [9.17, 15) is 5.11 Å². The first-order chi connectivity index (χ1) is 8.58. The van der Waals surface area contributed by atoms with Crippen molar-refractivity contribution in [3.8, 4) is 0 Å². The van der Waals surface area contributed by atoms with E-state index in [1.54, 1.807) is 12.1 Å². The van der Waals surface area contributed by atoms with Crippen LogP contribution in [0.2, 0.25) is 15.1 Å². The van der Waals surface area contributed by atoms with Crippen molar-refractivity contribution in [1.29, 1.82) is 0 Å². The van der Waals surface area contributed by atoms with Gasteiger partial charge in [0.2, 0.25) is 0 Å². The van der Waals surface area contributed by atoms with Crippen molar-refractivity contribution in [3.63, 3.8) is 0 Å². The number of aliphatic hydroxyl groups excluding tert-OH is 1. The zero-order chi connectivity index (χ0) is 13.1. The molecule has 1 aliphatic heterocycles. The molecule has 2 rings (SSSR count). The normalized spacial score (nSPS) is 18.9. The molecule has 0 radical (unpaired) electrons. The van der Waals surface area contributed by atoms with E-state index in [0.717, 1.165) is 13.1 Å². The Labute approximate surface area is 122 Å². The van der Waals surface area contributed by atoms with Crippen LogP contribution < -0.4 is 0 Å². The van der Waals surface area contributed by atoms with Crippen LogP contribution in [0, 0.1) is 0 Å². The number of piperidine rings is 1. The maximum atomic E-state index is 10.3. The third kappa shape index (κ3) is 3.52. The molecule has 100 valence electrons. The summed E-state index contributed by atoms with van der Waals surface area (Å²) in [6.45, 7) is 2.64. The number of β-amino-alcohol motifs (C(OH)–C–C–N with tert-alkyl or cyclic N) is 1. The largest absolute Gasteiger partial charge is 0.387 e. The van der Waals surface area contributed by atoms with Gasteiger partial charge >= 0.3 is 0 Å². The van der Waals surface area contributed by atoms with Crippen molar-refractivity contribution in [2.45, 2.75) is 25.4 Å². The van der Waals surface area contributed by atoms with Crippen LogP contribution in [0.5, 0.6) is 0 Å². The fourth-order valence-corrected chi connectivity index (χ4v) is 3.05. The van der Waals surface area contributed by atoms with Crippen LogP contribution in [0.1, 0.15) is 30.9 Å². The number of nitrogens with zero attached hydrogens (tertiary/aromatic N) is 1. The van der Waals surface area contributed by atoms with Gasteiger partial charge in [-0.15, -0.1) is 0 Å². The second-order valence-electron chi connectivity index (χ2n) is 4.67. The molecule has 5 heteroatoms. The Balaban J connectivity index is 2.10. The first kappa shape index (κ1) is 14.4. The van der Waals surface area contributed by atoms with E-state index in [4.69, 9.17) is 34.8 Å². The highest BCUT2D eigenvalue weighted by atomic mass is 35.5. The Kier molecular flexibility index (Phi) is 5.16. The van der Waals surface area contributed by atoms with Crippen LogP contribution in [0.3, 0.4) is 0 Å². The average Bonchev–Trinajstić information content (AvgIpc) is 2.35. The standard InChI is InChI=1S/C13H16Cl3NO/c14-9-6-10(13(16)11(15)7-9)12(18)8-17-4-2-1-3-5-17/h6-7,12,18H,1-5,8H2/t12-/m1/s1. The Hall–Kier alpha value is 0.01000. The van der Waals surface area contributed by atoms with Crippen molar-refractivity contribution >= 4 is 34.8 Å². The molecule has 0 bridgehead atoms. The minimum atomic E-state index is -0.646. The van der Waals surface area contributed by atoms with Crippen LogP contribution >= 0.6 is 34.8 Å². The lowest BCUT2D eigenvalue weighted by molar-refractivity contribution is 0.101. The lowest BCUT2D eigenvalue weighted by Gasteiger charge is -2.29. The van der Waals surface area contributed by atoms with Gasteiger partial charge in [0.25, 0.3) is 0 Å². The summed E-state index contributed by atoms with van der Waals surface area (Å²) in [6, 6.07) is 3.27. The number of benzene rings is 1. The minimum Gasteiger partial charge on any atom is -0.387 e. The van der Waals surface area contributed by atoms with Gasteiger partial charge in [-0.2, -0.15) is 0 Å². The number of aliphatic hydroxyl groups is 1. The van der Waals surface area contributed by atoms with Crippen molar-refractivity contribution in [3.05, 3.63) is 32.8 Å². The summed E-state index contributed by atoms with van der Waals surface area (Å²) in [6.07, 6.45) is 3.01. The Morgan fingerprint density at radius 2 is 1.78 bits per heavy atom. The molecule has 18 heavy (non-hydrogen) atoms. The maximum absolute atomic E-state index is 10.3. The molecule has 1 aromatic carbocycles. The van der Waals surface area contributed by atoms with Gasteiger partial charge in [-0.25, -0.2) is 0 Å². The molecular weight excluding hydrogens is 293 g/mol. The summed E-state index contributed by atoms with van der Waals surface area (Å²) in [7, 11) is 0. The molecule has 0 aromatic heterocycles. The second-order valence-corrected chi connectivity index (χ2v) is 5.89. The lowest BCUT2D eigenvalue weighted by Crippen LogP contribution is -2.33. The molecular formula is C13H16Cl3NO. The molecule has 1 heterocycles. The van der Waals surface area contributed by atoms with E-state index < -0.39 is 6.10 Å². The second kappa shape index (κ2) is 6.44. The van der Waals surface area contributed by atoms with Crippen LogP contribution in [-0.4, -0.2) is 29.6 Å².